The van der Waals surface area contributed by atoms with Crippen LogP contribution in [0.1, 0.15) is 5.56 Å². The first-order valence-electron chi connectivity index (χ1n) is 7.61. The smallest absolute Gasteiger partial charge is 0.342 e. The lowest BCUT2D eigenvalue weighted by Gasteiger charge is -2.26. The molecule has 0 bridgehead atoms. The van der Waals surface area contributed by atoms with Crippen molar-refractivity contribution in [1.82, 2.24) is 4.90 Å². The van der Waals surface area contributed by atoms with E-state index in [2.05, 4.69) is 4.74 Å². The molecular formula is C16H23N3O6. The molecule has 9 heteroatoms. The number of esters is 1. The summed E-state index contributed by atoms with van der Waals surface area (Å²) >= 11 is 0. The van der Waals surface area contributed by atoms with Crippen molar-refractivity contribution < 1.29 is 29.0 Å². The number of aliphatic carboxylic acids is 1. The Labute approximate surface area is 145 Å². The fourth-order valence-corrected chi connectivity index (χ4v) is 2.07. The molecule has 5 N–H and O–H groups in total. The van der Waals surface area contributed by atoms with Gasteiger partial charge in [-0.1, -0.05) is 30.3 Å². The van der Waals surface area contributed by atoms with Gasteiger partial charge in [-0.3, -0.25) is 9.59 Å². The Balaban J connectivity index is 2.65. The Hall–Kier alpha value is -2.49. The van der Waals surface area contributed by atoms with Gasteiger partial charge in [0.1, 0.15) is 12.6 Å². The van der Waals surface area contributed by atoms with Crippen LogP contribution in [-0.2, 0) is 30.5 Å². The molecule has 0 radical (unpaired) electrons. The first-order chi connectivity index (χ1) is 11.9. The molecule has 25 heavy (non-hydrogen) atoms. The first kappa shape index (κ1) is 20.6. The maximum atomic E-state index is 12.2. The predicted molar refractivity (Wildman–Crippen MR) is 88.3 cm³/mol. The average molecular weight is 353 g/mol. The van der Waals surface area contributed by atoms with Crippen LogP contribution in [0, 0.1) is 0 Å². The summed E-state index contributed by atoms with van der Waals surface area (Å²) in [5.74, 6) is -2.97. The molecule has 138 valence electrons. The highest BCUT2D eigenvalue weighted by Crippen LogP contribution is 2.04. The summed E-state index contributed by atoms with van der Waals surface area (Å²) in [5.41, 5.74) is 12.0. The van der Waals surface area contributed by atoms with Crippen LogP contribution in [0.3, 0.4) is 0 Å². The molecule has 1 amide bonds. The lowest BCUT2D eigenvalue weighted by atomic mass is 10.2. The zero-order valence-corrected chi connectivity index (χ0v) is 14.0. The van der Waals surface area contributed by atoms with Crippen molar-refractivity contribution in [3.8, 4) is 0 Å². The van der Waals surface area contributed by atoms with Crippen molar-refractivity contribution in [3.63, 3.8) is 0 Å². The number of carbonyl (C=O) groups is 3. The van der Waals surface area contributed by atoms with Crippen molar-refractivity contribution in [3.05, 3.63) is 35.9 Å². The van der Waals surface area contributed by atoms with Crippen LogP contribution >= 0.6 is 0 Å². The maximum absolute atomic E-state index is 12.2. The van der Waals surface area contributed by atoms with Crippen LogP contribution in [0.25, 0.3) is 0 Å². The van der Waals surface area contributed by atoms with Gasteiger partial charge in [-0.05, 0) is 5.56 Å². The van der Waals surface area contributed by atoms with E-state index >= 15 is 0 Å². The fourth-order valence-electron chi connectivity index (χ4n) is 2.07. The topological polar surface area (TPSA) is 145 Å². The Kier molecular flexibility index (Phi) is 8.54. The van der Waals surface area contributed by atoms with E-state index in [-0.39, 0.29) is 26.2 Å². The number of hydrogen-bond donors (Lipinski definition) is 3. The molecule has 1 aromatic carbocycles. The number of methoxy groups -OCH3 is 1. The normalized spacial score (nSPS) is 12.9. The summed E-state index contributed by atoms with van der Waals surface area (Å²) in [6.07, 6.45) is -1.68. The Morgan fingerprint density at radius 1 is 1.24 bits per heavy atom. The molecule has 9 nitrogen and oxygen atoms in total. The van der Waals surface area contributed by atoms with Crippen LogP contribution < -0.4 is 11.5 Å². The number of rotatable bonds is 10. The molecule has 0 aliphatic heterocycles. The SMILES string of the molecule is COC(C(=O)O)C(=O)N(CCN)CC(N)C(=O)OCc1ccccc1. The fraction of sp³-hybridized carbons (Fsp3) is 0.438. The van der Waals surface area contributed by atoms with E-state index in [1.165, 1.54) is 0 Å². The van der Waals surface area contributed by atoms with Crippen LogP contribution in [0.2, 0.25) is 0 Å². The van der Waals surface area contributed by atoms with Crippen LogP contribution in [-0.4, -0.2) is 66.7 Å². The number of nitrogens with zero attached hydrogens (tertiary/aromatic N) is 1. The van der Waals surface area contributed by atoms with Gasteiger partial charge in [0.25, 0.3) is 5.91 Å². The average Bonchev–Trinajstić information content (AvgIpc) is 2.60. The van der Waals surface area contributed by atoms with E-state index in [1.807, 2.05) is 18.2 Å². The highest BCUT2D eigenvalue weighted by atomic mass is 16.5. The summed E-state index contributed by atoms with van der Waals surface area (Å²) in [5, 5.41) is 8.99. The van der Waals surface area contributed by atoms with E-state index in [4.69, 9.17) is 21.3 Å². The monoisotopic (exact) mass is 353 g/mol. The Bertz CT molecular complexity index is 580. The minimum atomic E-state index is -1.68. The number of carboxylic acids is 1. The van der Waals surface area contributed by atoms with Gasteiger partial charge in [-0.25, -0.2) is 4.79 Å². The number of carbonyl (C=O) groups excluding carboxylic acids is 2. The van der Waals surface area contributed by atoms with Gasteiger partial charge in [-0.2, -0.15) is 0 Å². The van der Waals surface area contributed by atoms with Gasteiger partial charge in [0, 0.05) is 26.7 Å². The van der Waals surface area contributed by atoms with E-state index in [0.29, 0.717) is 0 Å². The molecule has 0 saturated heterocycles. The van der Waals surface area contributed by atoms with Gasteiger partial charge in [0.05, 0.1) is 0 Å². The minimum absolute atomic E-state index is 0.0334. The Morgan fingerprint density at radius 2 is 1.88 bits per heavy atom. The standard InChI is InChI=1S/C16H23N3O6/c1-24-13(15(21)22)14(20)19(8-7-17)9-12(18)16(23)25-10-11-5-3-2-4-6-11/h2-6,12-13H,7-10,17-18H2,1H3,(H,21,22). The highest BCUT2D eigenvalue weighted by Gasteiger charge is 2.32. The summed E-state index contributed by atoms with van der Waals surface area (Å²) in [4.78, 5) is 36.3. The largest absolute Gasteiger partial charge is 0.479 e. The molecule has 0 saturated carbocycles. The third-order valence-corrected chi connectivity index (χ3v) is 3.34. The van der Waals surface area contributed by atoms with Crippen molar-refractivity contribution in [2.24, 2.45) is 11.5 Å². The van der Waals surface area contributed by atoms with E-state index in [9.17, 15) is 14.4 Å². The number of hydrogen-bond acceptors (Lipinski definition) is 7. The molecule has 1 rings (SSSR count). The molecule has 2 atom stereocenters. The van der Waals surface area contributed by atoms with Crippen molar-refractivity contribution >= 4 is 17.8 Å². The highest BCUT2D eigenvalue weighted by molar-refractivity contribution is 6.00. The Morgan fingerprint density at radius 3 is 2.40 bits per heavy atom. The van der Waals surface area contributed by atoms with Crippen LogP contribution in [0.4, 0.5) is 0 Å². The maximum Gasteiger partial charge on any atom is 0.342 e. The minimum Gasteiger partial charge on any atom is -0.479 e. The molecule has 0 heterocycles. The molecule has 0 spiro atoms. The number of benzene rings is 1. The van der Waals surface area contributed by atoms with Gasteiger partial charge in [0.2, 0.25) is 6.10 Å². The predicted octanol–water partition coefficient (Wildman–Crippen LogP) is -1.06. The molecule has 0 fully saturated rings. The third-order valence-electron chi connectivity index (χ3n) is 3.34. The quantitative estimate of drug-likeness (QED) is 0.357. The van der Waals surface area contributed by atoms with Gasteiger partial charge in [-0.15, -0.1) is 0 Å². The zero-order chi connectivity index (χ0) is 18.8. The van der Waals surface area contributed by atoms with Crippen molar-refractivity contribution in [2.75, 3.05) is 26.7 Å². The second-order valence-corrected chi connectivity index (χ2v) is 5.23. The number of carboxylic acid groups (broad SMARTS) is 1. The summed E-state index contributed by atoms with van der Waals surface area (Å²) in [6.45, 7) is -0.0654. The molecular weight excluding hydrogens is 330 g/mol. The molecule has 2 unspecified atom stereocenters. The van der Waals surface area contributed by atoms with E-state index in [0.717, 1.165) is 17.6 Å². The molecule has 0 aliphatic carbocycles. The second-order valence-electron chi connectivity index (χ2n) is 5.23. The molecule has 0 aliphatic rings. The van der Waals surface area contributed by atoms with E-state index in [1.54, 1.807) is 12.1 Å². The van der Waals surface area contributed by atoms with Crippen LogP contribution in [0.5, 0.6) is 0 Å². The van der Waals surface area contributed by atoms with Gasteiger partial charge >= 0.3 is 11.9 Å². The van der Waals surface area contributed by atoms with Crippen molar-refractivity contribution in [1.29, 1.82) is 0 Å². The summed E-state index contributed by atoms with van der Waals surface area (Å²) in [6, 6.07) is 7.90. The lowest BCUT2D eigenvalue weighted by Crippen LogP contribution is -2.52. The van der Waals surface area contributed by atoms with Crippen LogP contribution in [0.15, 0.2) is 30.3 Å². The molecule has 1 aromatic rings. The van der Waals surface area contributed by atoms with E-state index < -0.39 is 30.0 Å². The number of nitrogens with two attached hydrogens (primary N) is 2. The van der Waals surface area contributed by atoms with Crippen molar-refractivity contribution in [2.45, 2.75) is 18.8 Å². The zero-order valence-electron chi connectivity index (χ0n) is 14.0. The number of ether oxygens (including phenoxy) is 2. The van der Waals surface area contributed by atoms with Gasteiger partial charge in [0.15, 0.2) is 0 Å². The summed E-state index contributed by atoms with van der Waals surface area (Å²) < 4.78 is 9.76. The number of amides is 1. The summed E-state index contributed by atoms with van der Waals surface area (Å²) in [7, 11) is 1.10. The second kappa shape index (κ2) is 10.4. The lowest BCUT2D eigenvalue weighted by molar-refractivity contribution is -0.160. The van der Waals surface area contributed by atoms with Gasteiger partial charge < -0.3 is 30.9 Å². The third kappa shape index (κ3) is 6.49. The molecule has 0 aromatic heterocycles. The first-order valence-corrected chi connectivity index (χ1v) is 7.61.